The van der Waals surface area contributed by atoms with E-state index in [1.54, 1.807) is 38.1 Å². The SMILES string of the molecule is COC1=CC(C(=O)NC[C@H](C2=CC3=C(OC[C@]3(C)C(N)=O)C(C)(c3cccc(C)c3F)N2)C2CC2)=C/C(=C/[NH2+]C2CC2)C1=N. The van der Waals surface area contributed by atoms with Crippen molar-refractivity contribution in [2.45, 2.75) is 58.0 Å². The van der Waals surface area contributed by atoms with Gasteiger partial charge in [0.25, 0.3) is 5.91 Å². The normalized spacial score (nSPS) is 27.9. The third kappa shape index (κ3) is 5.25. The van der Waals surface area contributed by atoms with E-state index in [4.69, 9.17) is 20.6 Å². The minimum Gasteiger partial charge on any atom is -0.494 e. The summed E-state index contributed by atoms with van der Waals surface area (Å²) in [6.45, 7) is 5.74. The van der Waals surface area contributed by atoms with E-state index in [0.717, 1.165) is 31.4 Å². The van der Waals surface area contributed by atoms with Gasteiger partial charge in [0.2, 0.25) is 5.91 Å². The van der Waals surface area contributed by atoms with Gasteiger partial charge in [-0.05, 0) is 63.3 Å². The van der Waals surface area contributed by atoms with Crippen LogP contribution in [-0.2, 0) is 24.6 Å². The molecule has 232 valence electrons. The largest absolute Gasteiger partial charge is 0.494 e. The molecule has 2 amide bonds. The maximum Gasteiger partial charge on any atom is 0.251 e. The van der Waals surface area contributed by atoms with Gasteiger partial charge in [0.05, 0.1) is 18.7 Å². The number of amides is 2. The Bertz CT molecular complexity index is 1600. The first-order valence-corrected chi connectivity index (χ1v) is 15.3. The number of ether oxygens (including phenoxy) is 2. The molecule has 3 aliphatic carbocycles. The van der Waals surface area contributed by atoms with Gasteiger partial charge in [-0.3, -0.25) is 15.0 Å². The summed E-state index contributed by atoms with van der Waals surface area (Å²) >= 11 is 0. The molecule has 2 heterocycles. The van der Waals surface area contributed by atoms with Crippen molar-refractivity contribution in [1.82, 2.24) is 10.6 Å². The highest BCUT2D eigenvalue weighted by atomic mass is 19.1. The van der Waals surface area contributed by atoms with Crippen LogP contribution in [0.3, 0.4) is 0 Å². The number of hydrogen-bond acceptors (Lipinski definition) is 6. The van der Waals surface area contributed by atoms with Crippen LogP contribution in [-0.4, -0.2) is 43.8 Å². The lowest BCUT2D eigenvalue weighted by molar-refractivity contribution is -0.602. The zero-order valence-electron chi connectivity index (χ0n) is 25.7. The summed E-state index contributed by atoms with van der Waals surface area (Å²) in [6.07, 6.45) is 11.4. The molecule has 3 atom stereocenters. The van der Waals surface area contributed by atoms with Crippen LogP contribution in [0.15, 0.2) is 76.6 Å². The summed E-state index contributed by atoms with van der Waals surface area (Å²) in [6, 6.07) is 5.80. The standard InChI is InChI=1S/C34H40FN5O4/c1-18-6-5-7-24(28(18)35)34(3)30-25(33(2,17-44-30)32(37)42)14-26(40-34)23(19-8-9-19)16-39-31(41)20-12-21(15-38-22-10-11-22)29(36)27(13-20)43-4/h5-7,12-15,19,22-23,36,38,40H,8-11,16-17H2,1-4H3,(H2,37,42)(H,39,41)/p+1/b21-15-,36-29?/t23-,33-,34?/m0/s1. The van der Waals surface area contributed by atoms with Crippen molar-refractivity contribution in [3.63, 3.8) is 0 Å². The predicted molar refractivity (Wildman–Crippen MR) is 163 cm³/mol. The number of nitrogens with one attached hydrogen (secondary N) is 3. The number of halogens is 1. The van der Waals surface area contributed by atoms with Crippen molar-refractivity contribution < 1.29 is 28.8 Å². The second-order valence-corrected chi connectivity index (χ2v) is 13.0. The third-order valence-electron chi connectivity index (χ3n) is 9.62. The number of carbonyl (C=O) groups excluding carboxylic acids is 2. The Kier molecular flexibility index (Phi) is 7.52. The van der Waals surface area contributed by atoms with Gasteiger partial charge >= 0.3 is 0 Å². The molecule has 10 heteroatoms. The maximum absolute atomic E-state index is 15.7. The molecule has 0 saturated heterocycles. The van der Waals surface area contributed by atoms with E-state index in [2.05, 4.69) is 16.0 Å². The van der Waals surface area contributed by atoms with E-state index in [1.807, 2.05) is 25.3 Å². The van der Waals surface area contributed by atoms with Crippen molar-refractivity contribution in [3.05, 3.63) is 93.5 Å². The van der Waals surface area contributed by atoms with Gasteiger partial charge in [0.1, 0.15) is 46.8 Å². The van der Waals surface area contributed by atoms with E-state index in [-0.39, 0.29) is 30.0 Å². The lowest BCUT2D eigenvalue weighted by Gasteiger charge is -2.40. The molecule has 5 aliphatic rings. The fraction of sp³-hybridized carbons (Fsp3) is 0.441. The summed E-state index contributed by atoms with van der Waals surface area (Å²) in [5.41, 5.74) is 7.39. The fourth-order valence-corrected chi connectivity index (χ4v) is 6.35. The molecule has 2 saturated carbocycles. The Hall–Kier alpha value is -4.18. The maximum atomic E-state index is 15.7. The number of primary amides is 1. The zero-order valence-corrected chi connectivity index (χ0v) is 25.7. The van der Waals surface area contributed by atoms with Crippen molar-refractivity contribution in [3.8, 4) is 0 Å². The van der Waals surface area contributed by atoms with Gasteiger partial charge in [-0.15, -0.1) is 0 Å². The van der Waals surface area contributed by atoms with E-state index in [1.165, 1.54) is 7.11 Å². The highest BCUT2D eigenvalue weighted by molar-refractivity contribution is 6.15. The van der Waals surface area contributed by atoms with Gasteiger partial charge in [0, 0.05) is 47.7 Å². The van der Waals surface area contributed by atoms with Gasteiger partial charge in [0.15, 0.2) is 0 Å². The van der Waals surface area contributed by atoms with E-state index >= 15 is 4.39 Å². The zero-order chi connectivity index (χ0) is 31.4. The first-order chi connectivity index (χ1) is 21.0. The smallest absolute Gasteiger partial charge is 0.251 e. The lowest BCUT2D eigenvalue weighted by atomic mass is 9.74. The molecular weight excluding hydrogens is 561 g/mol. The second kappa shape index (κ2) is 11.1. The van der Waals surface area contributed by atoms with E-state index in [0.29, 0.717) is 57.9 Å². The minimum atomic E-state index is -1.10. The lowest BCUT2D eigenvalue weighted by Crippen LogP contribution is -2.80. The number of allylic oxidation sites excluding steroid dienone is 3. The predicted octanol–water partition coefficient (Wildman–Crippen LogP) is 2.85. The monoisotopic (exact) mass is 602 g/mol. The Morgan fingerprint density at radius 1 is 1.25 bits per heavy atom. The van der Waals surface area contributed by atoms with Crippen LogP contribution >= 0.6 is 0 Å². The van der Waals surface area contributed by atoms with Crippen LogP contribution in [0, 0.1) is 35.4 Å². The van der Waals surface area contributed by atoms with Crippen LogP contribution in [0.25, 0.3) is 0 Å². The van der Waals surface area contributed by atoms with Crippen molar-refractivity contribution in [2.24, 2.45) is 23.0 Å². The topological polar surface area (TPSA) is 143 Å². The molecule has 1 aromatic carbocycles. The summed E-state index contributed by atoms with van der Waals surface area (Å²) in [4.78, 5) is 26.3. The number of carbonyl (C=O) groups is 2. The molecule has 0 aromatic heterocycles. The summed E-state index contributed by atoms with van der Waals surface area (Å²) < 4.78 is 27.3. The Balaban J connectivity index is 1.31. The minimum absolute atomic E-state index is 0.0671. The summed E-state index contributed by atoms with van der Waals surface area (Å²) in [7, 11) is 1.50. The van der Waals surface area contributed by atoms with Crippen molar-refractivity contribution in [2.75, 3.05) is 20.3 Å². The number of hydrogen-bond donors (Lipinski definition) is 5. The molecular formula is C34H41FN5O4+. The molecule has 44 heavy (non-hydrogen) atoms. The molecule has 6 rings (SSSR count). The quantitative estimate of drug-likeness (QED) is 0.280. The van der Waals surface area contributed by atoms with Crippen LogP contribution in [0.4, 0.5) is 4.39 Å². The van der Waals surface area contributed by atoms with Gasteiger partial charge < -0.3 is 31.2 Å². The van der Waals surface area contributed by atoms with E-state index < -0.39 is 16.9 Å². The molecule has 9 nitrogen and oxygen atoms in total. The molecule has 2 fully saturated rings. The number of rotatable bonds is 10. The Morgan fingerprint density at radius 3 is 2.66 bits per heavy atom. The number of dihydropyridines is 1. The van der Waals surface area contributed by atoms with Crippen molar-refractivity contribution >= 4 is 17.5 Å². The average Bonchev–Trinajstić information content (AvgIpc) is 3.93. The highest BCUT2D eigenvalue weighted by Crippen LogP contribution is 2.51. The van der Waals surface area contributed by atoms with Crippen LogP contribution in [0.5, 0.6) is 0 Å². The third-order valence-corrected chi connectivity index (χ3v) is 9.62. The first-order valence-electron chi connectivity index (χ1n) is 15.3. The van der Waals surface area contributed by atoms with Crippen LogP contribution < -0.4 is 21.7 Å². The number of quaternary nitrogens is 1. The van der Waals surface area contributed by atoms with Crippen LogP contribution in [0.1, 0.15) is 50.7 Å². The van der Waals surface area contributed by atoms with Gasteiger partial charge in [-0.25, -0.2) is 4.39 Å². The molecule has 1 aromatic rings. The fourth-order valence-electron chi connectivity index (χ4n) is 6.35. The summed E-state index contributed by atoms with van der Waals surface area (Å²) in [5.74, 6) is -0.129. The molecule has 7 N–H and O–H groups in total. The molecule has 0 radical (unpaired) electrons. The first kappa shape index (κ1) is 29.9. The van der Waals surface area contributed by atoms with Crippen LogP contribution in [0.2, 0.25) is 0 Å². The summed E-state index contributed by atoms with van der Waals surface area (Å²) in [5, 5.41) is 17.3. The van der Waals surface area contributed by atoms with Crippen molar-refractivity contribution in [1.29, 1.82) is 5.41 Å². The molecule has 0 spiro atoms. The van der Waals surface area contributed by atoms with Gasteiger partial charge in [-0.2, -0.15) is 0 Å². The highest BCUT2D eigenvalue weighted by Gasteiger charge is 2.53. The molecule has 0 bridgehead atoms. The number of aryl methyl sites for hydroxylation is 1. The number of methoxy groups -OCH3 is 1. The molecule has 2 aliphatic heterocycles. The average molecular weight is 603 g/mol. The van der Waals surface area contributed by atoms with Gasteiger partial charge in [-0.1, -0.05) is 18.2 Å². The number of benzene rings is 1. The second-order valence-electron chi connectivity index (χ2n) is 13.0. The van der Waals surface area contributed by atoms with E-state index in [9.17, 15) is 9.59 Å². The Morgan fingerprint density at radius 2 is 2.00 bits per heavy atom. The molecule has 1 unspecified atom stereocenters. The number of nitrogens with two attached hydrogens (primary N) is 2. The Labute approximate surface area is 257 Å².